The first kappa shape index (κ1) is 30.7. The number of likely N-dealkylation sites (N-methyl/N-ethyl adjacent to an activating group) is 1. The van der Waals surface area contributed by atoms with Gasteiger partial charge in [0.2, 0.25) is 5.95 Å². The number of likely N-dealkylation sites (tertiary alicyclic amines) is 1. The number of thiazole rings is 1. The van der Waals surface area contributed by atoms with Crippen LogP contribution in [0, 0.1) is 11.2 Å². The third kappa shape index (κ3) is 5.47. The van der Waals surface area contributed by atoms with Crippen LogP contribution in [0.3, 0.4) is 0 Å². The SMILES string of the molecule is CN1CC2CCC(C1)N2c1nc(-c2cccc(NS(=O)(=O)N3CCOC3=O)c2F)c(-c2ccnc(NC3CC4(C3)CS(=O)(=O)C4)n2)s1. The first-order chi connectivity index (χ1) is 22.4. The summed E-state index contributed by atoms with van der Waals surface area (Å²) >= 11 is 1.41. The van der Waals surface area contributed by atoms with E-state index in [1.807, 2.05) is 0 Å². The number of amides is 1. The fraction of sp³-hybridized carbons (Fsp3) is 0.517. The summed E-state index contributed by atoms with van der Waals surface area (Å²) in [4.78, 5) is 31.3. The Hall–Kier alpha value is -3.61. The van der Waals surface area contributed by atoms with Crippen LogP contribution in [-0.2, 0) is 24.8 Å². The third-order valence-corrected chi connectivity index (χ3v) is 14.2. The summed E-state index contributed by atoms with van der Waals surface area (Å²) in [5.41, 5.74) is 0.440. The molecule has 5 aliphatic rings. The largest absolute Gasteiger partial charge is 0.447 e. The van der Waals surface area contributed by atoms with Crippen LogP contribution in [0.4, 0.5) is 26.0 Å². The highest BCUT2D eigenvalue weighted by molar-refractivity contribution is 7.92. The molecule has 5 fully saturated rings. The summed E-state index contributed by atoms with van der Waals surface area (Å²) in [5.74, 6) is -0.0118. The maximum absolute atomic E-state index is 16.3. The van der Waals surface area contributed by atoms with Gasteiger partial charge in [-0.2, -0.15) is 12.7 Å². The van der Waals surface area contributed by atoms with Gasteiger partial charge in [0.25, 0.3) is 0 Å². The molecule has 2 aromatic heterocycles. The Labute approximate surface area is 275 Å². The van der Waals surface area contributed by atoms with Crippen LogP contribution in [0.1, 0.15) is 25.7 Å². The lowest BCUT2D eigenvalue weighted by Crippen LogP contribution is -2.60. The molecule has 14 nitrogen and oxygen atoms in total. The van der Waals surface area contributed by atoms with Crippen LogP contribution in [0.15, 0.2) is 30.5 Å². The van der Waals surface area contributed by atoms with Gasteiger partial charge in [0.1, 0.15) is 6.61 Å². The molecule has 1 aromatic carbocycles. The normalized spacial score (nSPS) is 25.0. The van der Waals surface area contributed by atoms with Crippen molar-refractivity contribution in [2.45, 2.75) is 43.8 Å². The van der Waals surface area contributed by atoms with Gasteiger partial charge in [0.05, 0.1) is 40.0 Å². The number of nitrogens with one attached hydrogen (secondary N) is 2. The molecule has 4 saturated heterocycles. The molecule has 18 heteroatoms. The van der Waals surface area contributed by atoms with Gasteiger partial charge in [-0.05, 0) is 50.9 Å². The Morgan fingerprint density at radius 2 is 1.85 bits per heavy atom. The second kappa shape index (κ2) is 11.0. The Balaban J connectivity index is 1.14. The highest BCUT2D eigenvalue weighted by Crippen LogP contribution is 2.51. The fourth-order valence-electron chi connectivity index (χ4n) is 7.74. The van der Waals surface area contributed by atoms with Gasteiger partial charge >= 0.3 is 16.3 Å². The number of cyclic esters (lactones) is 1. The van der Waals surface area contributed by atoms with E-state index in [0.717, 1.165) is 43.9 Å². The van der Waals surface area contributed by atoms with E-state index >= 15 is 4.39 Å². The topological polar surface area (TPSA) is 167 Å². The predicted molar refractivity (Wildman–Crippen MR) is 174 cm³/mol. The van der Waals surface area contributed by atoms with Gasteiger partial charge in [0.15, 0.2) is 20.8 Å². The molecule has 250 valence electrons. The molecule has 1 amide bonds. The molecule has 2 bridgehead atoms. The Morgan fingerprint density at radius 1 is 1.11 bits per heavy atom. The number of carbonyl (C=O) groups is 1. The highest BCUT2D eigenvalue weighted by atomic mass is 32.2. The molecule has 47 heavy (non-hydrogen) atoms. The first-order valence-electron chi connectivity index (χ1n) is 15.4. The predicted octanol–water partition coefficient (Wildman–Crippen LogP) is 2.79. The minimum Gasteiger partial charge on any atom is -0.447 e. The van der Waals surface area contributed by atoms with E-state index in [1.54, 1.807) is 18.3 Å². The zero-order chi connectivity index (χ0) is 32.7. The van der Waals surface area contributed by atoms with Crippen molar-refractivity contribution in [1.82, 2.24) is 24.2 Å². The third-order valence-electron chi connectivity index (χ3n) is 9.64. The van der Waals surface area contributed by atoms with Crippen LogP contribution >= 0.6 is 11.3 Å². The van der Waals surface area contributed by atoms with Crippen molar-refractivity contribution in [1.29, 1.82) is 0 Å². The Kier molecular flexibility index (Phi) is 7.16. The number of benzene rings is 1. The van der Waals surface area contributed by atoms with Crippen molar-refractivity contribution in [3.8, 4) is 21.8 Å². The van der Waals surface area contributed by atoms with Crippen molar-refractivity contribution < 1.29 is 30.8 Å². The van der Waals surface area contributed by atoms with Crippen LogP contribution < -0.4 is 14.9 Å². The summed E-state index contributed by atoms with van der Waals surface area (Å²) in [6.45, 7) is 1.52. The number of carbonyl (C=O) groups excluding carboxylic acids is 1. The molecule has 6 heterocycles. The summed E-state index contributed by atoms with van der Waals surface area (Å²) < 4.78 is 73.1. The van der Waals surface area contributed by atoms with E-state index in [9.17, 15) is 21.6 Å². The summed E-state index contributed by atoms with van der Waals surface area (Å²) in [6, 6.07) is 6.66. The van der Waals surface area contributed by atoms with E-state index in [0.29, 0.717) is 26.5 Å². The molecular weight excluding hydrogens is 672 g/mol. The number of ether oxygens (including phenoxy) is 1. The van der Waals surface area contributed by atoms with Gasteiger partial charge in [-0.1, -0.05) is 17.4 Å². The number of hydrogen-bond donors (Lipinski definition) is 2. The maximum Gasteiger partial charge on any atom is 0.425 e. The zero-order valence-corrected chi connectivity index (χ0v) is 27.9. The molecule has 4 aliphatic heterocycles. The van der Waals surface area contributed by atoms with Crippen LogP contribution in [0.25, 0.3) is 21.8 Å². The van der Waals surface area contributed by atoms with E-state index in [1.165, 1.54) is 23.5 Å². The summed E-state index contributed by atoms with van der Waals surface area (Å²) in [7, 11) is -5.24. The fourth-order valence-corrected chi connectivity index (χ4v) is 12.3. The molecule has 1 aliphatic carbocycles. The molecule has 2 N–H and O–H groups in total. The molecule has 2 atom stereocenters. The number of piperazine rings is 1. The number of aromatic nitrogens is 3. The van der Waals surface area contributed by atoms with E-state index < -0.39 is 32.0 Å². The minimum absolute atomic E-state index is 0.0493. The number of nitrogens with zero attached hydrogens (tertiary/aromatic N) is 6. The lowest BCUT2D eigenvalue weighted by atomic mass is 9.67. The quantitative estimate of drug-likeness (QED) is 0.353. The second-order valence-electron chi connectivity index (χ2n) is 13.2. The van der Waals surface area contributed by atoms with Crippen LogP contribution in [0.2, 0.25) is 0 Å². The van der Waals surface area contributed by atoms with Crippen molar-refractivity contribution >= 4 is 54.2 Å². The van der Waals surface area contributed by atoms with Crippen molar-refractivity contribution in [2.75, 3.05) is 59.7 Å². The lowest BCUT2D eigenvalue weighted by Gasteiger charge is -2.53. The van der Waals surface area contributed by atoms with Gasteiger partial charge < -0.3 is 19.9 Å². The Morgan fingerprint density at radius 3 is 2.53 bits per heavy atom. The number of rotatable bonds is 8. The van der Waals surface area contributed by atoms with Crippen LogP contribution in [0.5, 0.6) is 0 Å². The first-order valence-corrected chi connectivity index (χ1v) is 19.5. The average Bonchev–Trinajstić information content (AvgIpc) is 3.68. The smallest absolute Gasteiger partial charge is 0.425 e. The number of halogens is 1. The molecular formula is C29H33FN8O6S3. The standard InChI is InChI=1S/C29H33FN8O6S3/c1-36-13-18-5-6-19(14-36)38(18)27-34-24(20-3-2-4-21(23(20)30)35-47(42,43)37-9-10-44-28(37)39)25(45-27)22-7-8-31-26(33-22)32-17-11-29(12-17)15-46(40,41)16-29/h2-4,7-8,17-19,35H,5-6,9-16H2,1H3,(H,31,32,33). The summed E-state index contributed by atoms with van der Waals surface area (Å²) in [6.07, 6.45) is 4.09. The number of sulfone groups is 1. The minimum atomic E-state index is -4.42. The second-order valence-corrected chi connectivity index (χ2v) is 17.8. The van der Waals surface area contributed by atoms with Crippen molar-refractivity contribution in [3.05, 3.63) is 36.3 Å². The van der Waals surface area contributed by atoms with Crippen molar-refractivity contribution in [3.63, 3.8) is 0 Å². The number of anilines is 3. The summed E-state index contributed by atoms with van der Waals surface area (Å²) in [5, 5.41) is 4.07. The van der Waals surface area contributed by atoms with Crippen LogP contribution in [-0.4, -0.2) is 110 Å². The number of fused-ring (bicyclic) bond motifs is 2. The van der Waals surface area contributed by atoms with Crippen molar-refractivity contribution in [2.24, 2.45) is 5.41 Å². The molecule has 3 aromatic rings. The highest BCUT2D eigenvalue weighted by Gasteiger charge is 2.56. The molecule has 2 unspecified atom stereocenters. The van der Waals surface area contributed by atoms with E-state index in [4.69, 9.17) is 14.7 Å². The Bertz CT molecular complexity index is 1960. The molecule has 0 radical (unpaired) electrons. The molecule has 1 saturated carbocycles. The number of hydrogen-bond acceptors (Lipinski definition) is 13. The zero-order valence-electron chi connectivity index (χ0n) is 25.4. The molecule has 1 spiro atoms. The van der Waals surface area contributed by atoms with E-state index in [2.05, 4.69) is 31.9 Å². The van der Waals surface area contributed by atoms with Gasteiger partial charge in [-0.15, -0.1) is 0 Å². The van der Waals surface area contributed by atoms with Gasteiger partial charge in [0, 0.05) is 48.4 Å². The van der Waals surface area contributed by atoms with E-state index in [-0.39, 0.29) is 59.4 Å². The average molecular weight is 705 g/mol. The molecule has 8 rings (SSSR count). The lowest BCUT2D eigenvalue weighted by molar-refractivity contribution is 0.153. The van der Waals surface area contributed by atoms with Gasteiger partial charge in [-0.3, -0.25) is 4.72 Å². The maximum atomic E-state index is 16.3. The van der Waals surface area contributed by atoms with Gasteiger partial charge in [-0.25, -0.2) is 32.6 Å². The monoisotopic (exact) mass is 704 g/mol.